The number of H-pyrrole nitrogens is 1. The number of nitrogens with one attached hydrogen (secondary N) is 2. The van der Waals surface area contributed by atoms with E-state index in [1.165, 1.54) is 0 Å². The van der Waals surface area contributed by atoms with E-state index in [1.54, 1.807) is 37.1 Å². The maximum atomic E-state index is 13.5. The highest BCUT2D eigenvalue weighted by Gasteiger charge is 2.19. The summed E-state index contributed by atoms with van der Waals surface area (Å²) in [5.74, 6) is 1.15. The molecule has 9 nitrogen and oxygen atoms in total. The SMILES string of the molecule is O=C(Nc1cnccc1-c1ccc2c(c1)OCO2)c1c[nH]c2ncc(-c3ccc(O)c4ncccc34)cc12. The van der Waals surface area contributed by atoms with Crippen LogP contribution in [0, 0.1) is 0 Å². The van der Waals surface area contributed by atoms with Crippen molar-refractivity contribution in [1.82, 2.24) is 19.9 Å². The van der Waals surface area contributed by atoms with Gasteiger partial charge in [0.25, 0.3) is 5.91 Å². The van der Waals surface area contributed by atoms with Crippen molar-refractivity contribution in [2.24, 2.45) is 0 Å². The van der Waals surface area contributed by atoms with Gasteiger partial charge in [-0.3, -0.25) is 14.8 Å². The zero-order valence-corrected chi connectivity index (χ0v) is 19.8. The lowest BCUT2D eigenvalue weighted by molar-refractivity contribution is 0.102. The Kier molecular flexibility index (Phi) is 4.93. The largest absolute Gasteiger partial charge is 0.506 e. The van der Waals surface area contributed by atoms with Gasteiger partial charge in [-0.05, 0) is 53.6 Å². The van der Waals surface area contributed by atoms with Gasteiger partial charge in [0, 0.05) is 46.7 Å². The summed E-state index contributed by atoms with van der Waals surface area (Å²) in [5, 5.41) is 14.7. The number of carbonyl (C=O) groups excluding carboxylic acids is 1. The molecule has 0 spiro atoms. The molecule has 184 valence electrons. The minimum absolute atomic E-state index is 0.106. The molecule has 0 saturated carbocycles. The third kappa shape index (κ3) is 3.56. The molecule has 3 N–H and O–H groups in total. The lowest BCUT2D eigenvalue weighted by Gasteiger charge is -2.11. The number of aromatic nitrogens is 4. The molecule has 0 fully saturated rings. The summed E-state index contributed by atoms with van der Waals surface area (Å²) >= 11 is 0. The summed E-state index contributed by atoms with van der Waals surface area (Å²) in [6.45, 7) is 0.186. The molecule has 5 heterocycles. The van der Waals surface area contributed by atoms with E-state index in [0.29, 0.717) is 39.3 Å². The van der Waals surface area contributed by atoms with Crippen LogP contribution in [-0.2, 0) is 0 Å². The number of anilines is 1. The number of hydrogen-bond acceptors (Lipinski definition) is 7. The molecular formula is C29H19N5O4. The predicted octanol–water partition coefficient (Wildman–Crippen LogP) is 5.53. The number of amides is 1. The number of pyridine rings is 3. The van der Waals surface area contributed by atoms with Crippen LogP contribution in [0.5, 0.6) is 17.2 Å². The minimum Gasteiger partial charge on any atom is -0.506 e. The number of aromatic hydroxyl groups is 1. The van der Waals surface area contributed by atoms with Crippen LogP contribution in [-0.4, -0.2) is 37.7 Å². The Bertz CT molecular complexity index is 1880. The highest BCUT2D eigenvalue weighted by atomic mass is 16.7. The number of nitrogens with zero attached hydrogens (tertiary/aromatic N) is 3. The molecule has 7 rings (SSSR count). The van der Waals surface area contributed by atoms with Crippen LogP contribution in [0.2, 0.25) is 0 Å². The summed E-state index contributed by atoms with van der Waals surface area (Å²) in [4.78, 5) is 29.6. The molecule has 6 aromatic rings. The van der Waals surface area contributed by atoms with Gasteiger partial charge in [-0.2, -0.15) is 0 Å². The number of ether oxygens (including phenoxy) is 2. The molecule has 1 amide bonds. The van der Waals surface area contributed by atoms with Crippen molar-refractivity contribution >= 4 is 33.5 Å². The first kappa shape index (κ1) is 21.8. The van der Waals surface area contributed by atoms with Gasteiger partial charge in [-0.1, -0.05) is 12.1 Å². The van der Waals surface area contributed by atoms with E-state index in [2.05, 4.69) is 25.3 Å². The second-order valence-electron chi connectivity index (χ2n) is 8.80. The van der Waals surface area contributed by atoms with Crippen LogP contribution in [0.25, 0.3) is 44.2 Å². The number of phenols is 1. The fourth-order valence-electron chi connectivity index (χ4n) is 4.75. The van der Waals surface area contributed by atoms with Gasteiger partial charge in [0.1, 0.15) is 16.9 Å². The summed E-state index contributed by atoms with van der Waals surface area (Å²) in [6, 6.07) is 16.5. The Labute approximate surface area is 215 Å². The smallest absolute Gasteiger partial charge is 0.257 e. The van der Waals surface area contributed by atoms with Gasteiger partial charge < -0.3 is 24.9 Å². The third-order valence-corrected chi connectivity index (χ3v) is 6.59. The molecule has 0 unspecified atom stereocenters. The quantitative estimate of drug-likeness (QED) is 0.290. The van der Waals surface area contributed by atoms with Crippen LogP contribution in [0.1, 0.15) is 10.4 Å². The highest BCUT2D eigenvalue weighted by Crippen LogP contribution is 2.38. The van der Waals surface area contributed by atoms with Crippen molar-refractivity contribution in [2.75, 3.05) is 12.1 Å². The molecule has 0 atom stereocenters. The Morgan fingerprint density at radius 3 is 2.76 bits per heavy atom. The Balaban J connectivity index is 1.26. The van der Waals surface area contributed by atoms with E-state index in [0.717, 1.165) is 27.6 Å². The zero-order valence-electron chi connectivity index (χ0n) is 19.8. The normalized spacial score (nSPS) is 12.2. The Hall–Kier alpha value is -5.44. The van der Waals surface area contributed by atoms with Gasteiger partial charge in [0.05, 0.1) is 17.4 Å². The highest BCUT2D eigenvalue weighted by molar-refractivity contribution is 6.14. The van der Waals surface area contributed by atoms with E-state index in [1.807, 2.05) is 48.5 Å². The Morgan fingerprint density at radius 1 is 0.895 bits per heavy atom. The second-order valence-corrected chi connectivity index (χ2v) is 8.80. The maximum Gasteiger partial charge on any atom is 0.257 e. The molecule has 9 heteroatoms. The van der Waals surface area contributed by atoms with E-state index < -0.39 is 0 Å². The second kappa shape index (κ2) is 8.59. The minimum atomic E-state index is -0.303. The van der Waals surface area contributed by atoms with Crippen LogP contribution in [0.4, 0.5) is 5.69 Å². The van der Waals surface area contributed by atoms with Gasteiger partial charge in [-0.15, -0.1) is 0 Å². The fraction of sp³-hybridized carbons (Fsp3) is 0.0345. The molecule has 0 bridgehead atoms. The number of fused-ring (bicyclic) bond motifs is 3. The average Bonchev–Trinajstić information content (AvgIpc) is 3.60. The average molecular weight is 502 g/mol. The molecule has 38 heavy (non-hydrogen) atoms. The standard InChI is InChI=1S/C29H19N5O4/c35-24-5-4-18(20-2-1-8-31-27(20)24)17-10-21-22(13-33-28(21)32-12-17)29(36)34-23-14-30-9-7-19(23)16-3-6-25-26(11-16)38-15-37-25/h1-14,35H,15H2,(H,32,33)(H,34,36). The number of rotatable bonds is 4. The van der Waals surface area contributed by atoms with Crippen LogP contribution < -0.4 is 14.8 Å². The molecule has 0 aliphatic carbocycles. The van der Waals surface area contributed by atoms with Crippen molar-refractivity contribution in [3.63, 3.8) is 0 Å². The lowest BCUT2D eigenvalue weighted by atomic mass is 10.00. The first-order chi connectivity index (χ1) is 18.7. The number of phenolic OH excluding ortho intramolecular Hbond substituents is 1. The van der Waals surface area contributed by atoms with E-state index in [9.17, 15) is 9.90 Å². The van der Waals surface area contributed by atoms with Crippen molar-refractivity contribution in [3.8, 4) is 39.5 Å². The summed E-state index contributed by atoms with van der Waals surface area (Å²) in [7, 11) is 0. The van der Waals surface area contributed by atoms with Gasteiger partial charge in [0.2, 0.25) is 6.79 Å². The fourth-order valence-corrected chi connectivity index (χ4v) is 4.75. The number of benzene rings is 2. The van der Waals surface area contributed by atoms with E-state index >= 15 is 0 Å². The van der Waals surface area contributed by atoms with Crippen LogP contribution >= 0.6 is 0 Å². The third-order valence-electron chi connectivity index (χ3n) is 6.59. The molecule has 0 saturated heterocycles. The summed E-state index contributed by atoms with van der Waals surface area (Å²) in [6.07, 6.45) is 8.31. The van der Waals surface area contributed by atoms with Gasteiger partial charge >= 0.3 is 0 Å². The molecule has 1 aliphatic rings. The molecule has 1 aliphatic heterocycles. The first-order valence-corrected chi connectivity index (χ1v) is 11.9. The van der Waals surface area contributed by atoms with E-state index in [-0.39, 0.29) is 18.4 Å². The molecule has 4 aromatic heterocycles. The number of aromatic amines is 1. The van der Waals surface area contributed by atoms with Gasteiger partial charge in [0.15, 0.2) is 11.5 Å². The number of carbonyl (C=O) groups is 1. The van der Waals surface area contributed by atoms with Crippen LogP contribution in [0.3, 0.4) is 0 Å². The molecular weight excluding hydrogens is 482 g/mol. The Morgan fingerprint density at radius 2 is 1.82 bits per heavy atom. The number of hydrogen-bond donors (Lipinski definition) is 3. The molecule has 0 radical (unpaired) electrons. The maximum absolute atomic E-state index is 13.5. The van der Waals surface area contributed by atoms with Crippen molar-refractivity contribution in [3.05, 3.63) is 91.1 Å². The first-order valence-electron chi connectivity index (χ1n) is 11.9. The summed E-state index contributed by atoms with van der Waals surface area (Å²) < 4.78 is 10.9. The summed E-state index contributed by atoms with van der Waals surface area (Å²) in [5.41, 5.74) is 5.40. The van der Waals surface area contributed by atoms with E-state index in [4.69, 9.17) is 9.47 Å². The van der Waals surface area contributed by atoms with Crippen molar-refractivity contribution in [1.29, 1.82) is 0 Å². The lowest BCUT2D eigenvalue weighted by Crippen LogP contribution is -2.12. The zero-order chi connectivity index (χ0) is 25.6. The van der Waals surface area contributed by atoms with Gasteiger partial charge in [-0.25, -0.2) is 4.98 Å². The molecule has 2 aromatic carbocycles. The van der Waals surface area contributed by atoms with Crippen molar-refractivity contribution in [2.45, 2.75) is 0 Å². The monoisotopic (exact) mass is 501 g/mol. The van der Waals surface area contributed by atoms with Crippen molar-refractivity contribution < 1.29 is 19.4 Å². The van der Waals surface area contributed by atoms with Crippen LogP contribution in [0.15, 0.2) is 85.6 Å². The topological polar surface area (TPSA) is 122 Å². The predicted molar refractivity (Wildman–Crippen MR) is 142 cm³/mol.